The van der Waals surface area contributed by atoms with E-state index in [1.54, 1.807) is 6.07 Å². The summed E-state index contributed by atoms with van der Waals surface area (Å²) in [4.78, 5) is 5.70. The topological polar surface area (TPSA) is 34.6 Å². The zero-order valence-electron chi connectivity index (χ0n) is 14.4. The van der Waals surface area contributed by atoms with Gasteiger partial charge in [-0.3, -0.25) is 0 Å². The molecule has 0 radical (unpaired) electrons. The first-order valence-electron chi connectivity index (χ1n) is 8.19. The monoisotopic (exact) mass is 342 g/mol. The van der Waals surface area contributed by atoms with E-state index in [1.807, 2.05) is 32.6 Å². The molecule has 2 aliphatic heterocycles. The molecule has 4 nitrogen and oxygen atoms in total. The molecule has 2 fully saturated rings. The van der Waals surface area contributed by atoms with Crippen molar-refractivity contribution >= 4 is 18.4 Å². The van der Waals surface area contributed by atoms with Crippen LogP contribution in [0.3, 0.4) is 0 Å². The van der Waals surface area contributed by atoms with Gasteiger partial charge in [0.05, 0.1) is 11.2 Å². The van der Waals surface area contributed by atoms with Crippen molar-refractivity contribution < 1.29 is 22.5 Å². The van der Waals surface area contributed by atoms with Crippen LogP contribution in [0.5, 0.6) is 0 Å². The number of hydrogen-bond donors (Lipinski definition) is 0. The number of alkyl halides is 3. The number of rotatable bonds is 2. The minimum atomic E-state index is -4.51. The van der Waals surface area contributed by atoms with E-state index >= 15 is 0 Å². The molecule has 3 heterocycles. The lowest BCUT2D eigenvalue weighted by Crippen LogP contribution is -2.41. The molecule has 1 aromatic rings. The Kier molecular flexibility index (Phi) is 4.11. The van der Waals surface area contributed by atoms with Gasteiger partial charge in [-0.1, -0.05) is 0 Å². The second-order valence-corrected chi connectivity index (χ2v) is 7.42. The van der Waals surface area contributed by atoms with Gasteiger partial charge in [0.1, 0.15) is 11.5 Å². The molecule has 24 heavy (non-hydrogen) atoms. The van der Waals surface area contributed by atoms with Gasteiger partial charge in [-0.25, -0.2) is 4.98 Å². The molecule has 0 atom stereocenters. The molecule has 1 aromatic heterocycles. The highest BCUT2D eigenvalue weighted by Gasteiger charge is 2.52. The first kappa shape index (κ1) is 17.5. The third-order valence-electron chi connectivity index (χ3n) is 5.08. The summed E-state index contributed by atoms with van der Waals surface area (Å²) in [5.74, 6) is 0.340. The number of anilines is 1. The molecular weight excluding hydrogens is 320 g/mol. The molecule has 0 unspecified atom stereocenters. The number of aromatic nitrogens is 1. The van der Waals surface area contributed by atoms with Crippen LogP contribution in [-0.2, 0) is 15.5 Å². The summed E-state index contributed by atoms with van der Waals surface area (Å²) < 4.78 is 51.6. The van der Waals surface area contributed by atoms with Gasteiger partial charge in [-0.2, -0.15) is 13.2 Å². The van der Waals surface area contributed by atoms with E-state index in [9.17, 15) is 13.2 Å². The Bertz CT molecular complexity index is 612. The van der Waals surface area contributed by atoms with E-state index < -0.39 is 30.2 Å². The maximum atomic E-state index is 13.3. The number of hydrogen-bond acceptors (Lipinski definition) is 4. The molecule has 0 saturated carbocycles. The Labute approximate surface area is 140 Å². The van der Waals surface area contributed by atoms with Gasteiger partial charge in [0.2, 0.25) is 0 Å². The molecule has 0 aromatic carbocycles. The second-order valence-electron chi connectivity index (χ2n) is 7.42. The smallest absolute Gasteiger partial charge is 0.399 e. The quantitative estimate of drug-likeness (QED) is 0.774. The minimum absolute atomic E-state index is 0.340. The summed E-state index contributed by atoms with van der Waals surface area (Å²) in [6.45, 7) is 8.94. The fourth-order valence-corrected chi connectivity index (χ4v) is 2.91. The highest BCUT2D eigenvalue weighted by atomic mass is 19.4. The Hall–Kier alpha value is -1.28. The van der Waals surface area contributed by atoms with Gasteiger partial charge in [0.15, 0.2) is 0 Å². The Balaban J connectivity index is 2.00. The van der Waals surface area contributed by atoms with Crippen LogP contribution in [-0.4, -0.2) is 36.4 Å². The van der Waals surface area contributed by atoms with E-state index in [0.29, 0.717) is 11.3 Å². The van der Waals surface area contributed by atoms with Crippen LogP contribution in [0.4, 0.5) is 19.0 Å². The fraction of sp³-hybridized carbons (Fsp3) is 0.688. The SMILES string of the molecule is CC1(C)OB(c2cc(N3CCCC3)nc(C(F)(F)F)c2)OC1(C)C. The van der Waals surface area contributed by atoms with Crippen LogP contribution >= 0.6 is 0 Å². The van der Waals surface area contributed by atoms with E-state index in [4.69, 9.17) is 9.31 Å². The van der Waals surface area contributed by atoms with Gasteiger partial charge in [0.25, 0.3) is 0 Å². The maximum absolute atomic E-state index is 13.3. The van der Waals surface area contributed by atoms with Crippen LogP contribution in [0.25, 0.3) is 0 Å². The summed E-state index contributed by atoms with van der Waals surface area (Å²) in [6, 6.07) is 2.68. The Morgan fingerprint density at radius 2 is 1.58 bits per heavy atom. The average Bonchev–Trinajstić information content (AvgIpc) is 3.04. The summed E-state index contributed by atoms with van der Waals surface area (Å²) in [5.41, 5.74) is -1.75. The van der Waals surface area contributed by atoms with E-state index in [0.717, 1.165) is 32.0 Å². The van der Waals surface area contributed by atoms with Crippen molar-refractivity contribution in [2.45, 2.75) is 57.9 Å². The predicted molar refractivity (Wildman–Crippen MR) is 86.4 cm³/mol. The highest BCUT2D eigenvalue weighted by Crippen LogP contribution is 2.37. The Morgan fingerprint density at radius 1 is 1.04 bits per heavy atom. The second kappa shape index (κ2) is 5.63. The van der Waals surface area contributed by atoms with Crippen LogP contribution in [0.1, 0.15) is 46.2 Å². The van der Waals surface area contributed by atoms with Gasteiger partial charge in [-0.05, 0) is 58.1 Å². The van der Waals surface area contributed by atoms with Crippen molar-refractivity contribution in [3.8, 4) is 0 Å². The summed E-state index contributed by atoms with van der Waals surface area (Å²) >= 11 is 0. The van der Waals surface area contributed by atoms with Crippen molar-refractivity contribution in [2.24, 2.45) is 0 Å². The molecule has 2 aliphatic rings. The molecule has 8 heteroatoms. The Morgan fingerprint density at radius 3 is 2.08 bits per heavy atom. The lowest BCUT2D eigenvalue weighted by Gasteiger charge is -2.32. The average molecular weight is 342 g/mol. The maximum Gasteiger partial charge on any atom is 0.495 e. The van der Waals surface area contributed by atoms with Crippen LogP contribution in [0.15, 0.2) is 12.1 Å². The van der Waals surface area contributed by atoms with Crippen molar-refractivity contribution in [1.82, 2.24) is 4.98 Å². The van der Waals surface area contributed by atoms with Gasteiger partial charge < -0.3 is 14.2 Å². The van der Waals surface area contributed by atoms with Crippen LogP contribution in [0.2, 0.25) is 0 Å². The standard InChI is InChI=1S/C16H22BF3N2O2/c1-14(2)15(3,4)24-17(23-14)11-9-12(16(18,19)20)21-13(10-11)22-7-5-6-8-22/h9-10H,5-8H2,1-4H3. The molecular formula is C16H22BF3N2O2. The highest BCUT2D eigenvalue weighted by molar-refractivity contribution is 6.62. The molecule has 3 rings (SSSR count). The van der Waals surface area contributed by atoms with E-state index in [1.165, 1.54) is 0 Å². The lowest BCUT2D eigenvalue weighted by atomic mass is 9.79. The number of halogens is 3. The molecule has 2 saturated heterocycles. The molecule has 0 bridgehead atoms. The predicted octanol–water partition coefficient (Wildman–Crippen LogP) is 3.00. The minimum Gasteiger partial charge on any atom is -0.399 e. The number of nitrogens with zero attached hydrogens (tertiary/aromatic N) is 2. The largest absolute Gasteiger partial charge is 0.495 e. The van der Waals surface area contributed by atoms with Gasteiger partial charge in [0, 0.05) is 13.1 Å². The third kappa shape index (κ3) is 3.13. The first-order valence-corrected chi connectivity index (χ1v) is 8.19. The van der Waals surface area contributed by atoms with Crippen LogP contribution < -0.4 is 10.4 Å². The summed E-state index contributed by atoms with van der Waals surface area (Å²) in [5, 5.41) is 0. The zero-order valence-corrected chi connectivity index (χ0v) is 14.4. The first-order chi connectivity index (χ1) is 11.0. The van der Waals surface area contributed by atoms with E-state index in [-0.39, 0.29) is 0 Å². The van der Waals surface area contributed by atoms with Crippen molar-refractivity contribution in [3.05, 3.63) is 17.8 Å². The van der Waals surface area contributed by atoms with Crippen molar-refractivity contribution in [1.29, 1.82) is 0 Å². The zero-order chi connectivity index (χ0) is 17.8. The van der Waals surface area contributed by atoms with Gasteiger partial charge in [-0.15, -0.1) is 0 Å². The third-order valence-corrected chi connectivity index (χ3v) is 5.08. The van der Waals surface area contributed by atoms with Crippen LogP contribution in [0, 0.1) is 0 Å². The molecule has 0 amide bonds. The van der Waals surface area contributed by atoms with E-state index in [2.05, 4.69) is 4.98 Å². The normalized spacial score (nSPS) is 23.1. The molecule has 132 valence electrons. The van der Waals surface area contributed by atoms with Crippen molar-refractivity contribution in [3.63, 3.8) is 0 Å². The molecule has 0 spiro atoms. The molecule has 0 N–H and O–H groups in total. The number of pyridine rings is 1. The summed E-state index contributed by atoms with van der Waals surface area (Å²) in [6.07, 6.45) is -2.58. The molecule has 0 aliphatic carbocycles. The lowest BCUT2D eigenvalue weighted by molar-refractivity contribution is -0.141. The fourth-order valence-electron chi connectivity index (χ4n) is 2.91. The van der Waals surface area contributed by atoms with Gasteiger partial charge >= 0.3 is 13.3 Å². The summed E-state index contributed by atoms with van der Waals surface area (Å²) in [7, 11) is -0.833. The van der Waals surface area contributed by atoms with Crippen molar-refractivity contribution in [2.75, 3.05) is 18.0 Å².